The van der Waals surface area contributed by atoms with Gasteiger partial charge in [0.15, 0.2) is 17.5 Å². The summed E-state index contributed by atoms with van der Waals surface area (Å²) in [5, 5.41) is 18.0. The average Bonchev–Trinajstić information content (AvgIpc) is 3.32. The van der Waals surface area contributed by atoms with E-state index in [-0.39, 0.29) is 28.8 Å². The number of aliphatic carboxylic acids is 1. The number of amides is 2. The summed E-state index contributed by atoms with van der Waals surface area (Å²) >= 11 is 3.82. The Balaban J connectivity index is 1.45. The number of aromatic nitrogens is 3. The number of nitrogens with one attached hydrogen (secondary N) is 1. The smallest absolute Gasteiger partial charge is 0.352 e. The van der Waals surface area contributed by atoms with Crippen LogP contribution in [0.15, 0.2) is 51.4 Å². The molecule has 2 aromatic rings. The summed E-state index contributed by atoms with van der Waals surface area (Å²) in [4.78, 5) is 56.1. The van der Waals surface area contributed by atoms with Crippen LogP contribution in [-0.4, -0.2) is 78.0 Å². The summed E-state index contributed by atoms with van der Waals surface area (Å²) in [7, 11) is 0. The fourth-order valence-corrected chi connectivity index (χ4v) is 6.03. The minimum absolute atomic E-state index is 0.129. The Morgan fingerprint density at radius 3 is 2.92 bits per heavy atom. The zero-order valence-corrected chi connectivity index (χ0v) is 21.9. The standard InChI is InChI=1S/C22H20N8O5S3/c1-2-5-35-29-15(12-9-38-22(24)27-12)18(31)28-16-19(32)30-17(21(33)34)11(8-37-20(16)30)4-3-6-36-14-7-13(23)25-10-26-14/h1,3-4,7,9-10,16,20H,5-6,8H2,(H2,24,27)(H,28,31)(H,33,34)(H2,23,25,26)/b4-3+,29-15+/t16?,20-/m1/s1. The minimum Gasteiger partial charge on any atom is -0.477 e. The first-order valence-corrected chi connectivity index (χ1v) is 13.6. The zero-order valence-electron chi connectivity index (χ0n) is 19.4. The number of carbonyl (C=O) groups excluding carboxylic acids is 2. The van der Waals surface area contributed by atoms with Crippen LogP contribution >= 0.6 is 34.9 Å². The number of allylic oxidation sites excluding steroid dienone is 1. The molecule has 1 unspecified atom stereocenters. The number of β-lactam (4-membered cyclic amide) rings is 1. The molecule has 2 atom stereocenters. The lowest BCUT2D eigenvalue weighted by atomic mass is 10.0. The normalized spacial score (nSPS) is 19.1. The molecule has 0 radical (unpaired) electrons. The van der Waals surface area contributed by atoms with Crippen molar-refractivity contribution in [3.63, 3.8) is 0 Å². The number of thiazole rings is 1. The quantitative estimate of drug-likeness (QED) is 0.0587. The van der Waals surface area contributed by atoms with Gasteiger partial charge in [-0.2, -0.15) is 0 Å². The Bertz CT molecular complexity index is 1400. The Hall–Kier alpha value is -4.07. The molecule has 16 heteroatoms. The molecule has 4 rings (SSSR count). The summed E-state index contributed by atoms with van der Waals surface area (Å²) in [5.41, 5.74) is 11.6. The molecule has 0 saturated carbocycles. The lowest BCUT2D eigenvalue weighted by molar-refractivity contribution is -0.150. The van der Waals surface area contributed by atoms with E-state index in [1.807, 2.05) is 0 Å². The first kappa shape index (κ1) is 27.0. The average molecular weight is 573 g/mol. The third-order valence-electron chi connectivity index (χ3n) is 5.08. The van der Waals surface area contributed by atoms with Crippen LogP contribution in [0, 0.1) is 12.3 Å². The van der Waals surface area contributed by atoms with Crippen molar-refractivity contribution >= 4 is 69.3 Å². The van der Waals surface area contributed by atoms with E-state index in [4.69, 9.17) is 22.7 Å². The van der Waals surface area contributed by atoms with Crippen molar-refractivity contribution in [1.82, 2.24) is 25.2 Å². The molecule has 1 fully saturated rings. The van der Waals surface area contributed by atoms with Crippen molar-refractivity contribution < 1.29 is 24.3 Å². The van der Waals surface area contributed by atoms with Gasteiger partial charge >= 0.3 is 5.97 Å². The zero-order chi connectivity index (χ0) is 27.2. The molecule has 38 heavy (non-hydrogen) atoms. The molecule has 2 amide bonds. The van der Waals surface area contributed by atoms with E-state index in [9.17, 15) is 19.5 Å². The van der Waals surface area contributed by atoms with Crippen molar-refractivity contribution in [1.29, 1.82) is 0 Å². The molecule has 196 valence electrons. The number of carboxylic acid groups (broad SMARTS) is 1. The Labute approximate surface area is 228 Å². The fraction of sp³-hybridized carbons (Fsp3) is 0.227. The van der Waals surface area contributed by atoms with E-state index >= 15 is 0 Å². The van der Waals surface area contributed by atoms with Gasteiger partial charge in [0.05, 0.1) is 0 Å². The largest absolute Gasteiger partial charge is 0.477 e. The molecule has 2 aliphatic rings. The highest BCUT2D eigenvalue weighted by Gasteiger charge is 2.54. The molecule has 4 heterocycles. The van der Waals surface area contributed by atoms with Gasteiger partial charge in [0.25, 0.3) is 11.8 Å². The Morgan fingerprint density at radius 2 is 2.24 bits per heavy atom. The maximum absolute atomic E-state index is 13.0. The summed E-state index contributed by atoms with van der Waals surface area (Å²) in [6.07, 6.45) is 9.97. The topological polar surface area (TPSA) is 199 Å². The number of terminal acetylenes is 1. The fourth-order valence-electron chi connectivity index (χ4n) is 3.47. The van der Waals surface area contributed by atoms with Crippen LogP contribution in [0.3, 0.4) is 0 Å². The van der Waals surface area contributed by atoms with Gasteiger partial charge in [0.2, 0.25) is 0 Å². The van der Waals surface area contributed by atoms with Gasteiger partial charge < -0.3 is 26.7 Å². The van der Waals surface area contributed by atoms with Gasteiger partial charge in [-0.15, -0.1) is 41.3 Å². The number of anilines is 2. The number of hydrogen-bond donors (Lipinski definition) is 4. The lowest BCUT2D eigenvalue weighted by Crippen LogP contribution is -2.71. The van der Waals surface area contributed by atoms with E-state index in [0.29, 0.717) is 27.9 Å². The molecule has 13 nitrogen and oxygen atoms in total. The summed E-state index contributed by atoms with van der Waals surface area (Å²) < 4.78 is 0. The number of nitrogens with two attached hydrogens (primary N) is 2. The maximum atomic E-state index is 13.0. The number of carboxylic acids is 1. The second-order valence-corrected chi connectivity index (χ2v) is 10.6. The van der Waals surface area contributed by atoms with E-state index in [1.54, 1.807) is 18.2 Å². The molecule has 2 aromatic heterocycles. The Morgan fingerprint density at radius 1 is 1.42 bits per heavy atom. The van der Waals surface area contributed by atoms with Gasteiger partial charge in [-0.1, -0.05) is 23.2 Å². The van der Waals surface area contributed by atoms with Gasteiger partial charge in [-0.3, -0.25) is 14.5 Å². The maximum Gasteiger partial charge on any atom is 0.352 e. The number of fused-ring (bicyclic) bond motifs is 1. The molecule has 6 N–H and O–H groups in total. The van der Waals surface area contributed by atoms with Gasteiger partial charge in [-0.05, 0) is 5.57 Å². The number of nitrogen functional groups attached to an aromatic ring is 2. The van der Waals surface area contributed by atoms with Crippen molar-refractivity contribution in [2.24, 2.45) is 5.16 Å². The highest BCUT2D eigenvalue weighted by molar-refractivity contribution is 8.00. The predicted molar refractivity (Wildman–Crippen MR) is 144 cm³/mol. The Kier molecular flexibility index (Phi) is 8.51. The molecular weight excluding hydrogens is 552 g/mol. The van der Waals surface area contributed by atoms with Crippen molar-refractivity contribution in [2.45, 2.75) is 16.4 Å². The highest BCUT2D eigenvalue weighted by atomic mass is 32.2. The summed E-state index contributed by atoms with van der Waals surface area (Å²) in [6, 6.07) is 0.662. The van der Waals surface area contributed by atoms with Gasteiger partial charge in [0, 0.05) is 23.0 Å². The van der Waals surface area contributed by atoms with E-state index < -0.39 is 29.2 Å². The molecule has 0 spiro atoms. The second kappa shape index (κ2) is 12.0. The van der Waals surface area contributed by atoms with Crippen LogP contribution in [0.1, 0.15) is 5.69 Å². The molecule has 0 aliphatic carbocycles. The van der Waals surface area contributed by atoms with Crippen LogP contribution in [0.25, 0.3) is 0 Å². The van der Waals surface area contributed by atoms with Crippen LogP contribution in [0.2, 0.25) is 0 Å². The van der Waals surface area contributed by atoms with Crippen molar-refractivity contribution in [3.8, 4) is 12.3 Å². The van der Waals surface area contributed by atoms with Gasteiger partial charge in [-0.25, -0.2) is 19.7 Å². The van der Waals surface area contributed by atoms with Gasteiger partial charge in [0.1, 0.15) is 40.0 Å². The number of carbonyl (C=O) groups is 3. The van der Waals surface area contributed by atoms with E-state index in [2.05, 4.69) is 31.3 Å². The summed E-state index contributed by atoms with van der Waals surface area (Å²) in [5.74, 6) is 0.853. The van der Waals surface area contributed by atoms with E-state index in [0.717, 1.165) is 11.3 Å². The van der Waals surface area contributed by atoms with Crippen LogP contribution < -0.4 is 16.8 Å². The SMILES string of the molecule is C#CCO/N=C(/C(=O)NC1C(=O)N2C(C(=O)O)=C(/C=C/CSc3cc(N)ncn3)CS[C@H]12)c1csc(N)n1. The summed E-state index contributed by atoms with van der Waals surface area (Å²) in [6.45, 7) is -0.181. The number of thioether (sulfide) groups is 2. The van der Waals surface area contributed by atoms with Crippen LogP contribution in [0.5, 0.6) is 0 Å². The third-order valence-corrected chi connectivity index (χ3v) is 7.93. The minimum atomic E-state index is -1.24. The van der Waals surface area contributed by atoms with Crippen LogP contribution in [0.4, 0.5) is 10.9 Å². The first-order chi connectivity index (χ1) is 18.3. The van der Waals surface area contributed by atoms with E-state index in [1.165, 1.54) is 40.1 Å². The number of rotatable bonds is 10. The predicted octanol–water partition coefficient (Wildman–Crippen LogP) is 0.539. The second-order valence-electron chi connectivity index (χ2n) is 7.52. The highest BCUT2D eigenvalue weighted by Crippen LogP contribution is 2.40. The number of oxime groups is 1. The number of hydrogen-bond acceptors (Lipinski definition) is 13. The number of nitrogens with zero attached hydrogens (tertiary/aromatic N) is 5. The van der Waals surface area contributed by atoms with Crippen LogP contribution in [-0.2, 0) is 19.2 Å². The molecule has 2 aliphatic heterocycles. The molecule has 0 aromatic carbocycles. The molecule has 1 saturated heterocycles. The monoisotopic (exact) mass is 572 g/mol. The molecule has 0 bridgehead atoms. The van der Waals surface area contributed by atoms with Crippen molar-refractivity contribution in [2.75, 3.05) is 29.6 Å². The van der Waals surface area contributed by atoms with Crippen molar-refractivity contribution in [3.05, 3.63) is 46.9 Å². The molecular formula is C22H20N8O5S3. The first-order valence-electron chi connectivity index (χ1n) is 10.7. The lowest BCUT2D eigenvalue weighted by Gasteiger charge is -2.49. The third kappa shape index (κ3) is 5.90.